The van der Waals surface area contributed by atoms with Gasteiger partial charge in [0, 0.05) is 18.9 Å². The smallest absolute Gasteiger partial charge is 0.138 e. The molecule has 100 valence electrons. The largest absolute Gasteiger partial charge is 0.327 e. The lowest BCUT2D eigenvalue weighted by Gasteiger charge is -2.26. The molecule has 1 aromatic carbocycles. The molecule has 18 heavy (non-hydrogen) atoms. The molecule has 0 fully saturated rings. The van der Waals surface area contributed by atoms with Gasteiger partial charge in [-0.15, -0.1) is 0 Å². The Bertz CT molecular complexity index is 438. The van der Waals surface area contributed by atoms with E-state index in [1.54, 1.807) is 0 Å². The minimum Gasteiger partial charge on any atom is -0.327 e. The quantitative estimate of drug-likeness (QED) is 0.899. The predicted octanol–water partition coefficient (Wildman–Crippen LogP) is 2.84. The van der Waals surface area contributed by atoms with Crippen LogP contribution >= 0.6 is 0 Å². The molecular formula is C14H19F2NO. The van der Waals surface area contributed by atoms with Crippen LogP contribution in [-0.2, 0) is 11.2 Å². The van der Waals surface area contributed by atoms with E-state index in [0.717, 1.165) is 18.2 Å². The Morgan fingerprint density at radius 3 is 2.50 bits per heavy atom. The van der Waals surface area contributed by atoms with Gasteiger partial charge in [-0.3, -0.25) is 4.79 Å². The fraction of sp³-hybridized carbons (Fsp3) is 0.500. The number of hydrogen-bond acceptors (Lipinski definition) is 2. The number of halogens is 2. The molecule has 1 atom stereocenters. The van der Waals surface area contributed by atoms with Gasteiger partial charge in [0.05, 0.1) is 0 Å². The number of carbonyl (C=O) groups excluding carboxylic acids is 1. The van der Waals surface area contributed by atoms with Gasteiger partial charge >= 0.3 is 0 Å². The van der Waals surface area contributed by atoms with Crippen LogP contribution in [0.25, 0.3) is 0 Å². The maximum Gasteiger partial charge on any atom is 0.138 e. The number of Topliss-reactive ketones (excluding diaryl/α,β-unsaturated/α-hetero) is 1. The van der Waals surface area contributed by atoms with E-state index in [-0.39, 0.29) is 35.6 Å². The lowest BCUT2D eigenvalue weighted by Crippen LogP contribution is -2.37. The molecule has 2 nitrogen and oxygen atoms in total. The summed E-state index contributed by atoms with van der Waals surface area (Å²) in [6.45, 7) is 5.81. The highest BCUT2D eigenvalue weighted by atomic mass is 19.1. The Labute approximate surface area is 106 Å². The zero-order valence-corrected chi connectivity index (χ0v) is 11.0. The minimum atomic E-state index is -0.561. The van der Waals surface area contributed by atoms with Crippen molar-refractivity contribution in [2.24, 2.45) is 11.1 Å². The van der Waals surface area contributed by atoms with Crippen LogP contribution in [0.15, 0.2) is 18.2 Å². The van der Waals surface area contributed by atoms with E-state index in [0.29, 0.717) is 0 Å². The zero-order valence-electron chi connectivity index (χ0n) is 11.0. The summed E-state index contributed by atoms with van der Waals surface area (Å²) in [6, 6.07) is 2.82. The van der Waals surface area contributed by atoms with Crippen LogP contribution in [0.1, 0.15) is 32.8 Å². The van der Waals surface area contributed by atoms with Crippen LogP contribution in [0, 0.1) is 17.0 Å². The fourth-order valence-corrected chi connectivity index (χ4v) is 1.51. The molecule has 0 spiro atoms. The van der Waals surface area contributed by atoms with Crippen LogP contribution in [0.2, 0.25) is 0 Å². The van der Waals surface area contributed by atoms with Crippen molar-refractivity contribution in [2.45, 2.75) is 39.7 Å². The molecular weight excluding hydrogens is 236 g/mol. The molecule has 2 N–H and O–H groups in total. The van der Waals surface area contributed by atoms with E-state index in [1.165, 1.54) is 0 Å². The minimum absolute atomic E-state index is 0.0844. The summed E-state index contributed by atoms with van der Waals surface area (Å²) < 4.78 is 26.3. The first-order chi connectivity index (χ1) is 8.20. The van der Waals surface area contributed by atoms with Gasteiger partial charge in [-0.1, -0.05) is 20.8 Å². The van der Waals surface area contributed by atoms with Crippen molar-refractivity contribution >= 4 is 5.78 Å². The van der Waals surface area contributed by atoms with Crippen LogP contribution in [-0.4, -0.2) is 11.8 Å². The van der Waals surface area contributed by atoms with Crippen LogP contribution in [0.4, 0.5) is 8.78 Å². The van der Waals surface area contributed by atoms with Gasteiger partial charge in [0.15, 0.2) is 0 Å². The van der Waals surface area contributed by atoms with Crippen molar-refractivity contribution < 1.29 is 13.6 Å². The summed E-state index contributed by atoms with van der Waals surface area (Å²) >= 11 is 0. The predicted molar refractivity (Wildman–Crippen MR) is 67.1 cm³/mol. The van der Waals surface area contributed by atoms with Gasteiger partial charge in [-0.25, -0.2) is 8.78 Å². The Kier molecular flexibility index (Phi) is 4.57. The number of nitrogens with two attached hydrogens (primary N) is 1. The summed E-state index contributed by atoms with van der Waals surface area (Å²) in [5, 5.41) is 0. The fourth-order valence-electron chi connectivity index (χ4n) is 1.51. The number of hydrogen-bond donors (Lipinski definition) is 1. The molecule has 0 amide bonds. The molecule has 0 saturated heterocycles. The highest BCUT2D eigenvalue weighted by molar-refractivity contribution is 5.81. The second-order valence-corrected chi connectivity index (χ2v) is 5.63. The van der Waals surface area contributed by atoms with Gasteiger partial charge in [0.25, 0.3) is 0 Å². The maximum atomic E-state index is 13.4. The number of carbonyl (C=O) groups is 1. The molecule has 0 radical (unpaired) electrons. The standard InChI is InChI=1S/C14H19F2NO/c1-14(2,3)13(17)8-11(18)7-9-6-10(15)4-5-12(9)16/h4-6,13H,7-8,17H2,1-3H3. The molecule has 1 rings (SSSR count). The van der Waals surface area contributed by atoms with Crippen molar-refractivity contribution in [3.63, 3.8) is 0 Å². The van der Waals surface area contributed by atoms with Crippen molar-refractivity contribution in [1.29, 1.82) is 0 Å². The highest BCUT2D eigenvalue weighted by Gasteiger charge is 2.23. The summed E-state index contributed by atoms with van der Waals surface area (Å²) in [5.41, 5.74) is 5.78. The first-order valence-electron chi connectivity index (χ1n) is 5.91. The molecule has 1 unspecified atom stereocenters. The average Bonchev–Trinajstić information content (AvgIpc) is 2.22. The van der Waals surface area contributed by atoms with Gasteiger partial charge in [0.2, 0.25) is 0 Å². The summed E-state index contributed by atoms with van der Waals surface area (Å²) in [5.74, 6) is -1.28. The number of rotatable bonds is 4. The third kappa shape index (κ3) is 4.18. The molecule has 0 aliphatic heterocycles. The Morgan fingerprint density at radius 1 is 1.33 bits per heavy atom. The van der Waals surface area contributed by atoms with E-state index < -0.39 is 11.6 Å². The molecule has 0 heterocycles. The first-order valence-corrected chi connectivity index (χ1v) is 5.91. The Morgan fingerprint density at radius 2 is 1.94 bits per heavy atom. The molecule has 1 aromatic rings. The molecule has 4 heteroatoms. The number of ketones is 1. The Hall–Kier alpha value is -1.29. The van der Waals surface area contributed by atoms with E-state index in [9.17, 15) is 13.6 Å². The second-order valence-electron chi connectivity index (χ2n) is 5.63. The van der Waals surface area contributed by atoms with Gasteiger partial charge < -0.3 is 5.73 Å². The SMILES string of the molecule is CC(C)(C)C(N)CC(=O)Cc1cc(F)ccc1F. The van der Waals surface area contributed by atoms with Crippen LogP contribution in [0.5, 0.6) is 0 Å². The van der Waals surface area contributed by atoms with Crippen molar-refractivity contribution in [1.82, 2.24) is 0 Å². The highest BCUT2D eigenvalue weighted by Crippen LogP contribution is 2.21. The van der Waals surface area contributed by atoms with Gasteiger partial charge in [-0.2, -0.15) is 0 Å². The van der Waals surface area contributed by atoms with E-state index >= 15 is 0 Å². The van der Waals surface area contributed by atoms with Crippen molar-refractivity contribution in [3.8, 4) is 0 Å². The normalized spacial score (nSPS) is 13.4. The topological polar surface area (TPSA) is 43.1 Å². The average molecular weight is 255 g/mol. The van der Waals surface area contributed by atoms with Crippen molar-refractivity contribution in [2.75, 3.05) is 0 Å². The van der Waals surface area contributed by atoms with E-state index in [4.69, 9.17) is 5.73 Å². The molecule has 0 bridgehead atoms. The third-order valence-corrected chi connectivity index (χ3v) is 2.96. The van der Waals surface area contributed by atoms with Crippen LogP contribution < -0.4 is 5.73 Å². The first kappa shape index (κ1) is 14.8. The molecule has 0 aromatic heterocycles. The molecule has 0 saturated carbocycles. The number of benzene rings is 1. The second kappa shape index (κ2) is 5.57. The summed E-state index contributed by atoms with van der Waals surface area (Å²) in [4.78, 5) is 11.8. The van der Waals surface area contributed by atoms with Gasteiger partial charge in [0.1, 0.15) is 17.4 Å². The maximum absolute atomic E-state index is 13.4. The lowest BCUT2D eigenvalue weighted by molar-refractivity contribution is -0.119. The molecule has 0 aliphatic carbocycles. The third-order valence-electron chi connectivity index (χ3n) is 2.96. The lowest BCUT2D eigenvalue weighted by atomic mass is 9.84. The van der Waals surface area contributed by atoms with E-state index in [1.807, 2.05) is 20.8 Å². The zero-order chi connectivity index (χ0) is 13.9. The van der Waals surface area contributed by atoms with E-state index in [2.05, 4.69) is 0 Å². The van der Waals surface area contributed by atoms with Crippen LogP contribution in [0.3, 0.4) is 0 Å². The van der Waals surface area contributed by atoms with Crippen molar-refractivity contribution in [3.05, 3.63) is 35.4 Å². The Balaban J connectivity index is 2.68. The summed E-state index contributed by atoms with van der Waals surface area (Å²) in [6.07, 6.45) is 0.0484. The van der Waals surface area contributed by atoms with Gasteiger partial charge in [-0.05, 0) is 29.2 Å². The summed E-state index contributed by atoms with van der Waals surface area (Å²) in [7, 11) is 0. The molecule has 0 aliphatic rings. The monoisotopic (exact) mass is 255 g/mol.